The Morgan fingerprint density at radius 2 is 2.11 bits per heavy atom. The summed E-state index contributed by atoms with van der Waals surface area (Å²) in [5, 5.41) is 11.7. The van der Waals surface area contributed by atoms with Gasteiger partial charge < -0.3 is 10.4 Å². The highest BCUT2D eigenvalue weighted by Gasteiger charge is 2.11. The molecule has 0 aliphatic rings. The van der Waals surface area contributed by atoms with E-state index in [1.165, 1.54) is 30.3 Å². The Kier molecular flexibility index (Phi) is 3.43. The number of anilines is 2. The van der Waals surface area contributed by atoms with E-state index in [4.69, 9.17) is 16.7 Å². The summed E-state index contributed by atoms with van der Waals surface area (Å²) in [7, 11) is 0. The van der Waals surface area contributed by atoms with Gasteiger partial charge in [-0.3, -0.25) is 0 Å². The maximum Gasteiger partial charge on any atom is 0.356 e. The van der Waals surface area contributed by atoms with E-state index in [2.05, 4.69) is 10.3 Å². The van der Waals surface area contributed by atoms with Gasteiger partial charge in [-0.05, 0) is 30.3 Å². The highest BCUT2D eigenvalue weighted by atomic mass is 35.5. The number of hydrogen-bond acceptors (Lipinski definition) is 3. The molecule has 18 heavy (non-hydrogen) atoms. The zero-order valence-corrected chi connectivity index (χ0v) is 9.78. The Bertz CT molecular complexity index is 604. The summed E-state index contributed by atoms with van der Waals surface area (Å²) < 4.78 is 13.0. The van der Waals surface area contributed by atoms with Crippen LogP contribution in [0.4, 0.5) is 15.9 Å². The molecule has 0 atom stereocenters. The van der Waals surface area contributed by atoms with Gasteiger partial charge in [-0.15, -0.1) is 0 Å². The molecule has 0 unspecified atom stereocenters. The fraction of sp³-hybridized carbons (Fsp3) is 0. The summed E-state index contributed by atoms with van der Waals surface area (Å²) in [4.78, 5) is 14.7. The molecule has 2 N–H and O–H groups in total. The monoisotopic (exact) mass is 266 g/mol. The number of benzene rings is 1. The lowest BCUT2D eigenvalue weighted by Crippen LogP contribution is -2.04. The van der Waals surface area contributed by atoms with Gasteiger partial charge in [0.2, 0.25) is 0 Å². The molecule has 1 heterocycles. The molecule has 0 fully saturated rings. The molecule has 2 rings (SSSR count). The lowest BCUT2D eigenvalue weighted by atomic mass is 10.3. The van der Waals surface area contributed by atoms with Crippen LogP contribution in [-0.4, -0.2) is 16.1 Å². The van der Waals surface area contributed by atoms with Crippen molar-refractivity contribution >= 4 is 29.1 Å². The van der Waals surface area contributed by atoms with E-state index in [0.29, 0.717) is 5.69 Å². The number of carboxylic acid groups (broad SMARTS) is 1. The van der Waals surface area contributed by atoms with Crippen LogP contribution < -0.4 is 5.32 Å². The summed E-state index contributed by atoms with van der Waals surface area (Å²) in [5.41, 5.74) is 0.222. The molecule has 6 heteroatoms. The van der Waals surface area contributed by atoms with Crippen molar-refractivity contribution in [2.75, 3.05) is 5.32 Å². The van der Waals surface area contributed by atoms with Crippen molar-refractivity contribution < 1.29 is 14.3 Å². The van der Waals surface area contributed by atoms with Gasteiger partial charge >= 0.3 is 5.97 Å². The first-order valence-corrected chi connectivity index (χ1v) is 5.36. The van der Waals surface area contributed by atoms with Gasteiger partial charge in [0.1, 0.15) is 11.6 Å². The van der Waals surface area contributed by atoms with Crippen LogP contribution >= 0.6 is 11.6 Å². The van der Waals surface area contributed by atoms with E-state index < -0.39 is 11.8 Å². The van der Waals surface area contributed by atoms with Crippen LogP contribution in [0, 0.1) is 5.82 Å². The molecule has 0 bridgehead atoms. The first-order chi connectivity index (χ1) is 8.56. The highest BCUT2D eigenvalue weighted by Crippen LogP contribution is 2.20. The van der Waals surface area contributed by atoms with Crippen LogP contribution in [0.25, 0.3) is 0 Å². The molecular formula is C12H8ClFN2O2. The van der Waals surface area contributed by atoms with Crippen LogP contribution in [0.3, 0.4) is 0 Å². The summed E-state index contributed by atoms with van der Waals surface area (Å²) in [5.74, 6) is -1.34. The Morgan fingerprint density at radius 3 is 2.78 bits per heavy atom. The minimum atomic E-state index is -1.22. The van der Waals surface area contributed by atoms with Gasteiger partial charge in [0.25, 0.3) is 0 Å². The van der Waals surface area contributed by atoms with Crippen LogP contribution in [0.15, 0.2) is 36.4 Å². The fourth-order valence-corrected chi connectivity index (χ4v) is 1.56. The second-order valence-corrected chi connectivity index (χ2v) is 3.87. The number of nitrogens with one attached hydrogen (secondary N) is 1. The smallest absolute Gasteiger partial charge is 0.356 e. The van der Waals surface area contributed by atoms with Gasteiger partial charge in [-0.25, -0.2) is 14.2 Å². The maximum absolute atomic E-state index is 13.0. The van der Waals surface area contributed by atoms with E-state index >= 15 is 0 Å². The molecular weight excluding hydrogens is 259 g/mol. The van der Waals surface area contributed by atoms with Crippen LogP contribution in [0.5, 0.6) is 0 Å². The molecule has 2 aromatic rings. The quantitative estimate of drug-likeness (QED) is 0.895. The molecule has 0 saturated carbocycles. The molecule has 1 aromatic heterocycles. The number of halogens is 2. The van der Waals surface area contributed by atoms with Crippen LogP contribution in [0.1, 0.15) is 10.5 Å². The number of aromatic carboxylic acids is 1. The minimum Gasteiger partial charge on any atom is -0.476 e. The van der Waals surface area contributed by atoms with Gasteiger partial charge in [-0.2, -0.15) is 0 Å². The average Bonchev–Trinajstić information content (AvgIpc) is 2.31. The second kappa shape index (κ2) is 5.01. The van der Waals surface area contributed by atoms with E-state index in [1.807, 2.05) is 0 Å². The summed E-state index contributed by atoms with van der Waals surface area (Å²) in [6.45, 7) is 0. The first kappa shape index (κ1) is 12.3. The number of carbonyl (C=O) groups is 1. The fourth-order valence-electron chi connectivity index (χ4n) is 1.38. The molecule has 0 amide bonds. The molecule has 0 radical (unpaired) electrons. The lowest BCUT2D eigenvalue weighted by Gasteiger charge is -2.07. The summed E-state index contributed by atoms with van der Waals surface area (Å²) in [6.07, 6.45) is 0. The number of nitrogens with zero attached hydrogens (tertiary/aromatic N) is 1. The Labute approximate surface area is 107 Å². The lowest BCUT2D eigenvalue weighted by molar-refractivity contribution is 0.0691. The third kappa shape index (κ3) is 2.75. The average molecular weight is 267 g/mol. The SMILES string of the molecule is O=C(O)c1nc(Nc2cccc(F)c2)ccc1Cl. The minimum absolute atomic E-state index is 0.0484. The van der Waals surface area contributed by atoms with Crippen molar-refractivity contribution in [3.8, 4) is 0 Å². The predicted molar refractivity (Wildman–Crippen MR) is 65.9 cm³/mol. The predicted octanol–water partition coefficient (Wildman–Crippen LogP) is 3.32. The van der Waals surface area contributed by atoms with Crippen molar-refractivity contribution in [3.05, 3.63) is 52.9 Å². The van der Waals surface area contributed by atoms with E-state index in [9.17, 15) is 9.18 Å². The second-order valence-electron chi connectivity index (χ2n) is 3.47. The van der Waals surface area contributed by atoms with Gasteiger partial charge in [0, 0.05) is 5.69 Å². The summed E-state index contributed by atoms with van der Waals surface area (Å²) >= 11 is 5.69. The van der Waals surface area contributed by atoms with Crippen molar-refractivity contribution in [2.24, 2.45) is 0 Å². The van der Waals surface area contributed by atoms with Crippen molar-refractivity contribution in [2.45, 2.75) is 0 Å². The maximum atomic E-state index is 13.0. The van der Waals surface area contributed by atoms with Crippen molar-refractivity contribution in [1.29, 1.82) is 0 Å². The molecule has 4 nitrogen and oxygen atoms in total. The number of rotatable bonds is 3. The molecule has 0 aliphatic heterocycles. The number of carboxylic acids is 1. The first-order valence-electron chi connectivity index (χ1n) is 4.98. The molecule has 0 aliphatic carbocycles. The van der Waals surface area contributed by atoms with Crippen LogP contribution in [-0.2, 0) is 0 Å². The standard InChI is InChI=1S/C12H8ClFN2O2/c13-9-4-5-10(16-11(9)12(17)18)15-8-3-1-2-7(14)6-8/h1-6H,(H,15,16)(H,17,18). The van der Waals surface area contributed by atoms with Crippen molar-refractivity contribution in [1.82, 2.24) is 4.98 Å². The Morgan fingerprint density at radius 1 is 1.33 bits per heavy atom. The highest BCUT2D eigenvalue weighted by molar-refractivity contribution is 6.33. The van der Waals surface area contributed by atoms with Crippen molar-refractivity contribution in [3.63, 3.8) is 0 Å². The Balaban J connectivity index is 2.30. The number of pyridine rings is 1. The van der Waals surface area contributed by atoms with Gasteiger partial charge in [0.05, 0.1) is 5.02 Å². The molecule has 0 saturated heterocycles. The third-order valence-electron chi connectivity index (χ3n) is 2.15. The summed E-state index contributed by atoms with van der Waals surface area (Å²) in [6, 6.07) is 8.69. The molecule has 1 aromatic carbocycles. The molecule has 0 spiro atoms. The number of hydrogen-bond donors (Lipinski definition) is 2. The Hall–Kier alpha value is -2.14. The van der Waals surface area contributed by atoms with E-state index in [1.54, 1.807) is 6.07 Å². The largest absolute Gasteiger partial charge is 0.476 e. The number of aromatic nitrogens is 1. The normalized spacial score (nSPS) is 10.1. The van der Waals surface area contributed by atoms with E-state index in [-0.39, 0.29) is 16.5 Å². The van der Waals surface area contributed by atoms with Gasteiger partial charge in [0.15, 0.2) is 5.69 Å². The van der Waals surface area contributed by atoms with Gasteiger partial charge in [-0.1, -0.05) is 17.7 Å². The third-order valence-corrected chi connectivity index (χ3v) is 2.45. The zero-order chi connectivity index (χ0) is 13.1. The van der Waals surface area contributed by atoms with Crippen LogP contribution in [0.2, 0.25) is 5.02 Å². The van der Waals surface area contributed by atoms with E-state index in [0.717, 1.165) is 0 Å². The molecule has 92 valence electrons. The zero-order valence-electron chi connectivity index (χ0n) is 9.02. The topological polar surface area (TPSA) is 62.2 Å².